The van der Waals surface area contributed by atoms with Crippen LogP contribution in [0.25, 0.3) is 27.7 Å². The Morgan fingerprint density at radius 2 is 1.67 bits per heavy atom. The van der Waals surface area contributed by atoms with Crippen molar-refractivity contribution in [1.82, 2.24) is 4.57 Å². The Bertz CT molecular complexity index is 1810. The third kappa shape index (κ3) is 5.62. The predicted molar refractivity (Wildman–Crippen MR) is 150 cm³/mol. The first kappa shape index (κ1) is 28.2. The maximum Gasteiger partial charge on any atom is 0.511 e. The molecule has 42 heavy (non-hydrogen) atoms. The normalized spacial score (nSPS) is 11.8. The summed E-state index contributed by atoms with van der Waals surface area (Å²) in [4.78, 5) is 10.9. The monoisotopic (exact) mass is 575 g/mol. The third-order valence-electron chi connectivity index (χ3n) is 6.60. The van der Waals surface area contributed by atoms with E-state index >= 15 is 0 Å². The number of hydrogen-bond acceptors (Lipinski definition) is 6. The van der Waals surface area contributed by atoms with Gasteiger partial charge in [-0.25, -0.2) is 4.79 Å². The van der Waals surface area contributed by atoms with Gasteiger partial charge in [-0.15, -0.1) is 10.2 Å². The lowest BCUT2D eigenvalue weighted by Crippen LogP contribution is -2.04. The van der Waals surface area contributed by atoms with Crippen molar-refractivity contribution in [2.24, 2.45) is 10.2 Å². The van der Waals surface area contributed by atoms with Crippen LogP contribution >= 0.6 is 0 Å². The number of phenols is 1. The fraction of sp³-hybridized carbons (Fsp3) is 0.129. The Kier molecular flexibility index (Phi) is 7.58. The minimum atomic E-state index is -4.63. The zero-order valence-corrected chi connectivity index (χ0v) is 22.1. The first-order valence-electron chi connectivity index (χ1n) is 12.9. The van der Waals surface area contributed by atoms with Gasteiger partial charge in [-0.2, -0.15) is 13.2 Å². The van der Waals surface area contributed by atoms with Gasteiger partial charge >= 0.3 is 12.3 Å². The highest BCUT2D eigenvalue weighted by atomic mass is 19.4. The van der Waals surface area contributed by atoms with E-state index in [2.05, 4.69) is 15.0 Å². The van der Waals surface area contributed by atoms with E-state index < -0.39 is 23.8 Å². The maximum absolute atomic E-state index is 13.6. The highest BCUT2D eigenvalue weighted by Gasteiger charge is 2.32. The second kappa shape index (κ2) is 11.3. The van der Waals surface area contributed by atoms with Gasteiger partial charge in [0.2, 0.25) is 5.88 Å². The number of aryl methyl sites for hydroxylation is 1. The summed E-state index contributed by atoms with van der Waals surface area (Å²) in [6.07, 6.45) is -4.33. The van der Waals surface area contributed by atoms with Crippen LogP contribution in [0.5, 0.6) is 17.4 Å². The molecule has 0 bridgehead atoms. The van der Waals surface area contributed by atoms with Gasteiger partial charge in [0.05, 0.1) is 11.1 Å². The lowest BCUT2D eigenvalue weighted by molar-refractivity contribution is -0.137. The Labute approximate surface area is 237 Å². The second-order valence-electron chi connectivity index (χ2n) is 9.42. The average Bonchev–Trinajstić information content (AvgIpc) is 3.22. The molecular weight excluding hydrogens is 551 g/mol. The number of ether oxygens (including phenoxy) is 1. The van der Waals surface area contributed by atoms with Crippen LogP contribution in [0.4, 0.5) is 29.3 Å². The summed E-state index contributed by atoms with van der Waals surface area (Å²) in [5.74, 6) is -0.711. The van der Waals surface area contributed by atoms with E-state index in [0.717, 1.165) is 30.5 Å². The Morgan fingerprint density at radius 1 is 0.929 bits per heavy atom. The molecule has 5 rings (SSSR count). The Morgan fingerprint density at radius 3 is 2.36 bits per heavy atom. The van der Waals surface area contributed by atoms with Gasteiger partial charge in [0.25, 0.3) is 0 Å². The summed E-state index contributed by atoms with van der Waals surface area (Å²) in [5, 5.41) is 39.2. The number of aromatic nitrogens is 1. The average molecular weight is 576 g/mol. The minimum Gasteiger partial charge on any atom is -0.505 e. The quantitative estimate of drug-likeness (QED) is 0.102. The van der Waals surface area contributed by atoms with Crippen LogP contribution in [0.3, 0.4) is 0 Å². The van der Waals surface area contributed by atoms with Crippen molar-refractivity contribution in [2.45, 2.75) is 25.9 Å². The lowest BCUT2D eigenvalue weighted by Gasteiger charge is -2.09. The van der Waals surface area contributed by atoms with E-state index in [1.807, 2.05) is 19.1 Å². The number of carboxylic acid groups (broad SMARTS) is 1. The van der Waals surface area contributed by atoms with Crippen LogP contribution in [0.1, 0.15) is 24.5 Å². The zero-order chi connectivity index (χ0) is 30.0. The van der Waals surface area contributed by atoms with Crippen LogP contribution in [0.15, 0.2) is 95.2 Å². The number of rotatable bonds is 7. The summed E-state index contributed by atoms with van der Waals surface area (Å²) in [5.41, 5.74) is 1.41. The number of nitrogens with zero attached hydrogens (tertiary/aromatic N) is 3. The molecule has 0 saturated heterocycles. The molecule has 0 atom stereocenters. The van der Waals surface area contributed by atoms with Crippen molar-refractivity contribution in [1.29, 1.82) is 0 Å². The van der Waals surface area contributed by atoms with Gasteiger partial charge in [0.15, 0.2) is 11.4 Å². The molecule has 0 aliphatic rings. The molecule has 0 spiro atoms. The molecule has 0 aliphatic carbocycles. The predicted octanol–water partition coefficient (Wildman–Crippen LogP) is 9.15. The van der Waals surface area contributed by atoms with Gasteiger partial charge in [-0.3, -0.25) is 4.57 Å². The van der Waals surface area contributed by atoms with Crippen LogP contribution in [-0.2, 0) is 12.6 Å². The molecule has 4 aromatic carbocycles. The highest BCUT2D eigenvalue weighted by molar-refractivity contribution is 5.97. The fourth-order valence-electron chi connectivity index (χ4n) is 4.67. The Balaban J connectivity index is 1.61. The number of alkyl halides is 3. The maximum atomic E-state index is 13.6. The number of para-hydroxylation sites is 1. The lowest BCUT2D eigenvalue weighted by atomic mass is 10.0. The summed E-state index contributed by atoms with van der Waals surface area (Å²) >= 11 is 0. The number of carbonyl (C=O) groups is 1. The molecule has 5 aromatic rings. The molecule has 1 aromatic heterocycles. The standard InChI is InChI=1S/C31H24F3N3O5/c1-2-5-18-10-13-21(14-11-18)37-26-15-12-20(31(32,33)34)17-24(26)27(29(37)39)36-35-25-9-4-8-23(28(25)38)19-6-3-7-22(16-19)42-30(40)41/h3-4,6-17,38-39H,2,5H2,1H3,(H,40,41). The molecule has 0 aliphatic heterocycles. The van der Waals surface area contributed by atoms with Crippen molar-refractivity contribution in [3.63, 3.8) is 0 Å². The number of phenolic OH excluding ortho intramolecular Hbond substituents is 1. The number of fused-ring (bicyclic) bond motifs is 1. The van der Waals surface area contributed by atoms with Crippen LogP contribution in [-0.4, -0.2) is 26.0 Å². The summed E-state index contributed by atoms with van der Waals surface area (Å²) < 4.78 is 46.9. The molecule has 0 amide bonds. The number of aromatic hydroxyl groups is 2. The first-order valence-corrected chi connectivity index (χ1v) is 12.9. The SMILES string of the molecule is CCCc1ccc(-n2c(O)c(N=Nc3cccc(-c4cccc(OC(=O)O)c4)c3O)c3cc(C(F)(F)F)ccc32)cc1. The first-order chi connectivity index (χ1) is 20.1. The smallest absolute Gasteiger partial charge is 0.505 e. The van der Waals surface area contributed by atoms with Gasteiger partial charge in [0.1, 0.15) is 11.4 Å². The van der Waals surface area contributed by atoms with Crippen LogP contribution in [0.2, 0.25) is 0 Å². The molecule has 0 saturated carbocycles. The fourth-order valence-corrected chi connectivity index (χ4v) is 4.67. The summed E-state index contributed by atoms with van der Waals surface area (Å²) in [7, 11) is 0. The van der Waals surface area contributed by atoms with Crippen molar-refractivity contribution in [3.05, 3.63) is 96.1 Å². The van der Waals surface area contributed by atoms with E-state index in [9.17, 15) is 28.2 Å². The molecule has 0 fully saturated rings. The summed E-state index contributed by atoms with van der Waals surface area (Å²) in [6, 6.07) is 21.0. The van der Waals surface area contributed by atoms with Crippen molar-refractivity contribution in [3.8, 4) is 34.2 Å². The molecular formula is C31H24F3N3O5. The summed E-state index contributed by atoms with van der Waals surface area (Å²) in [6.45, 7) is 2.05. The number of benzene rings is 4. The van der Waals surface area contributed by atoms with Gasteiger partial charge < -0.3 is 20.1 Å². The van der Waals surface area contributed by atoms with Crippen LogP contribution < -0.4 is 4.74 Å². The molecule has 1 heterocycles. The molecule has 11 heteroatoms. The van der Waals surface area contributed by atoms with Crippen molar-refractivity contribution < 1.29 is 38.0 Å². The molecule has 0 radical (unpaired) electrons. The third-order valence-corrected chi connectivity index (χ3v) is 6.60. The molecule has 8 nitrogen and oxygen atoms in total. The number of halogens is 3. The zero-order valence-electron chi connectivity index (χ0n) is 22.1. The molecule has 3 N–H and O–H groups in total. The van der Waals surface area contributed by atoms with Gasteiger partial charge in [-0.1, -0.05) is 49.7 Å². The largest absolute Gasteiger partial charge is 0.511 e. The van der Waals surface area contributed by atoms with E-state index in [-0.39, 0.29) is 39.3 Å². The van der Waals surface area contributed by atoms with Crippen molar-refractivity contribution >= 4 is 28.4 Å². The van der Waals surface area contributed by atoms with E-state index in [1.54, 1.807) is 36.4 Å². The molecule has 214 valence electrons. The van der Waals surface area contributed by atoms with Crippen molar-refractivity contribution in [2.75, 3.05) is 0 Å². The van der Waals surface area contributed by atoms with Gasteiger partial charge in [-0.05, 0) is 66.1 Å². The topological polar surface area (TPSA) is 117 Å². The van der Waals surface area contributed by atoms with E-state index in [0.29, 0.717) is 11.3 Å². The van der Waals surface area contributed by atoms with E-state index in [4.69, 9.17) is 5.11 Å². The number of azo groups is 1. The second-order valence-corrected chi connectivity index (χ2v) is 9.42. The van der Waals surface area contributed by atoms with Gasteiger partial charge in [0, 0.05) is 16.6 Å². The van der Waals surface area contributed by atoms with E-state index in [1.165, 1.54) is 28.8 Å². The minimum absolute atomic E-state index is 0.0119. The highest BCUT2D eigenvalue weighted by Crippen LogP contribution is 2.45. The Hall–Kier alpha value is -5.32. The van der Waals surface area contributed by atoms with Crippen LogP contribution in [0, 0.1) is 0 Å². The molecule has 0 unspecified atom stereocenters. The number of hydrogen-bond donors (Lipinski definition) is 3.